The van der Waals surface area contributed by atoms with Gasteiger partial charge in [0.15, 0.2) is 0 Å². The van der Waals surface area contributed by atoms with Gasteiger partial charge < -0.3 is 9.64 Å². The highest BCUT2D eigenvalue weighted by Gasteiger charge is 2.29. The fourth-order valence-electron chi connectivity index (χ4n) is 2.91. The Morgan fingerprint density at radius 2 is 2.19 bits per heavy atom. The van der Waals surface area contributed by atoms with Gasteiger partial charge >= 0.3 is 0 Å². The van der Waals surface area contributed by atoms with E-state index in [0.717, 1.165) is 24.3 Å². The average molecular weight is 301 g/mol. The van der Waals surface area contributed by atoms with E-state index in [9.17, 15) is 4.79 Å². The number of benzene rings is 1. The third-order valence-electron chi connectivity index (χ3n) is 4.19. The topological polar surface area (TPSA) is 29.5 Å². The number of carbonyl (C=O) groups excluding carboxylic acids is 1. The van der Waals surface area contributed by atoms with Crippen molar-refractivity contribution in [2.24, 2.45) is 0 Å². The van der Waals surface area contributed by atoms with Crippen LogP contribution in [-0.4, -0.2) is 24.5 Å². The minimum atomic E-state index is 0.0812. The van der Waals surface area contributed by atoms with E-state index in [0.29, 0.717) is 5.56 Å². The molecule has 1 amide bonds. The van der Waals surface area contributed by atoms with Crippen molar-refractivity contribution in [2.75, 3.05) is 13.7 Å². The van der Waals surface area contributed by atoms with Gasteiger partial charge in [-0.1, -0.05) is 6.07 Å². The first-order valence-electron chi connectivity index (χ1n) is 7.13. The van der Waals surface area contributed by atoms with Crippen molar-refractivity contribution in [3.05, 3.63) is 51.2 Å². The van der Waals surface area contributed by atoms with Crippen molar-refractivity contribution in [1.82, 2.24) is 4.90 Å². The molecule has 0 saturated heterocycles. The maximum Gasteiger partial charge on any atom is 0.254 e. The number of nitrogens with zero attached hydrogens (tertiary/aromatic N) is 1. The predicted octanol–water partition coefficient (Wildman–Crippen LogP) is 3.82. The Morgan fingerprint density at radius 1 is 1.38 bits per heavy atom. The summed E-state index contributed by atoms with van der Waals surface area (Å²) in [5, 5.41) is 2.12. The molecule has 110 valence electrons. The number of ether oxygens (including phenoxy) is 1. The lowest BCUT2D eigenvalue weighted by atomic mass is 10.00. The highest BCUT2D eigenvalue weighted by molar-refractivity contribution is 7.10. The first-order valence-corrected chi connectivity index (χ1v) is 8.01. The normalized spacial score (nSPS) is 17.5. The molecule has 21 heavy (non-hydrogen) atoms. The van der Waals surface area contributed by atoms with Crippen LogP contribution in [0.1, 0.15) is 39.3 Å². The Balaban J connectivity index is 1.89. The maximum atomic E-state index is 12.8. The van der Waals surface area contributed by atoms with Crippen LogP contribution >= 0.6 is 11.3 Å². The lowest BCUT2D eigenvalue weighted by molar-refractivity contribution is 0.0679. The third kappa shape index (κ3) is 2.44. The molecule has 4 heteroatoms. The maximum absolute atomic E-state index is 12.8. The Morgan fingerprint density at radius 3 is 2.95 bits per heavy atom. The van der Waals surface area contributed by atoms with E-state index in [2.05, 4.69) is 18.4 Å². The molecule has 0 unspecified atom stereocenters. The number of fused-ring (bicyclic) bond motifs is 1. The molecule has 3 nitrogen and oxygen atoms in total. The zero-order chi connectivity index (χ0) is 15.0. The summed E-state index contributed by atoms with van der Waals surface area (Å²) in [6, 6.07) is 7.94. The van der Waals surface area contributed by atoms with Crippen LogP contribution in [0.3, 0.4) is 0 Å². The number of methoxy groups -OCH3 is 1. The predicted molar refractivity (Wildman–Crippen MR) is 85.2 cm³/mol. The number of carbonyl (C=O) groups is 1. The summed E-state index contributed by atoms with van der Waals surface area (Å²) >= 11 is 1.79. The van der Waals surface area contributed by atoms with Gasteiger partial charge in [-0.3, -0.25) is 4.79 Å². The first kappa shape index (κ1) is 14.1. The Labute approximate surface area is 129 Å². The van der Waals surface area contributed by atoms with Gasteiger partial charge in [-0.15, -0.1) is 11.3 Å². The van der Waals surface area contributed by atoms with Gasteiger partial charge in [-0.05, 0) is 55.0 Å². The van der Waals surface area contributed by atoms with Crippen LogP contribution in [0.15, 0.2) is 29.6 Å². The molecular formula is C17H19NO2S. The van der Waals surface area contributed by atoms with Gasteiger partial charge in [0.05, 0.1) is 13.2 Å². The quantitative estimate of drug-likeness (QED) is 0.844. The zero-order valence-electron chi connectivity index (χ0n) is 12.6. The monoisotopic (exact) mass is 301 g/mol. The number of aryl methyl sites for hydroxylation is 1. The van der Waals surface area contributed by atoms with Gasteiger partial charge in [-0.2, -0.15) is 0 Å². The summed E-state index contributed by atoms with van der Waals surface area (Å²) in [7, 11) is 1.64. The molecule has 2 aromatic rings. The van der Waals surface area contributed by atoms with Crippen molar-refractivity contribution in [3.8, 4) is 5.75 Å². The standard InChI is InChI=1S/C17H19NO2S/c1-11-4-5-13(10-15(11)20-3)17(19)18-8-6-16-14(12(18)2)7-9-21-16/h4-5,7,9-10,12H,6,8H2,1-3H3/t12-/m0/s1. The molecule has 0 spiro atoms. The van der Waals surface area contributed by atoms with Gasteiger partial charge in [0.2, 0.25) is 0 Å². The number of amides is 1. The van der Waals surface area contributed by atoms with Crippen LogP contribution in [0.4, 0.5) is 0 Å². The summed E-state index contributed by atoms with van der Waals surface area (Å²) in [6.07, 6.45) is 0.950. The molecule has 1 atom stereocenters. The Bertz CT molecular complexity index is 677. The first-order chi connectivity index (χ1) is 10.1. The molecule has 1 aromatic heterocycles. The van der Waals surface area contributed by atoms with Crippen LogP contribution in [0.5, 0.6) is 5.75 Å². The van der Waals surface area contributed by atoms with Crippen LogP contribution in [0, 0.1) is 6.92 Å². The van der Waals surface area contributed by atoms with E-state index >= 15 is 0 Å². The van der Waals surface area contributed by atoms with E-state index in [-0.39, 0.29) is 11.9 Å². The lowest BCUT2D eigenvalue weighted by Gasteiger charge is -2.33. The molecule has 2 heterocycles. The molecule has 1 aliphatic heterocycles. The fraction of sp³-hybridized carbons (Fsp3) is 0.353. The molecule has 3 rings (SSSR count). The second kappa shape index (κ2) is 5.53. The lowest BCUT2D eigenvalue weighted by Crippen LogP contribution is -2.38. The molecule has 0 fully saturated rings. The summed E-state index contributed by atoms with van der Waals surface area (Å²) in [5.74, 6) is 0.847. The highest BCUT2D eigenvalue weighted by Crippen LogP contribution is 2.34. The van der Waals surface area contributed by atoms with Crippen molar-refractivity contribution in [1.29, 1.82) is 0 Å². The molecule has 0 radical (unpaired) electrons. The van der Waals surface area contributed by atoms with E-state index in [1.807, 2.05) is 30.0 Å². The molecule has 1 aliphatic rings. The third-order valence-corrected chi connectivity index (χ3v) is 5.19. The van der Waals surface area contributed by atoms with Crippen LogP contribution in [0.2, 0.25) is 0 Å². The molecule has 0 saturated carbocycles. The summed E-state index contributed by atoms with van der Waals surface area (Å²) in [5.41, 5.74) is 3.03. The van der Waals surface area contributed by atoms with Crippen molar-refractivity contribution >= 4 is 17.2 Å². The number of rotatable bonds is 2. The SMILES string of the molecule is COc1cc(C(=O)N2CCc3sccc3[C@@H]2C)ccc1C. The largest absolute Gasteiger partial charge is 0.496 e. The molecule has 0 bridgehead atoms. The molecular weight excluding hydrogens is 282 g/mol. The van der Waals surface area contributed by atoms with Gasteiger partial charge in [0, 0.05) is 17.0 Å². The van der Waals surface area contributed by atoms with Crippen LogP contribution < -0.4 is 4.74 Å². The second-order valence-electron chi connectivity index (χ2n) is 5.41. The van der Waals surface area contributed by atoms with E-state index < -0.39 is 0 Å². The number of hydrogen-bond acceptors (Lipinski definition) is 3. The van der Waals surface area contributed by atoms with E-state index in [1.54, 1.807) is 18.4 Å². The zero-order valence-corrected chi connectivity index (χ0v) is 13.4. The summed E-state index contributed by atoms with van der Waals surface area (Å²) < 4.78 is 5.32. The fourth-order valence-corrected chi connectivity index (χ4v) is 3.87. The Hall–Kier alpha value is -1.81. The smallest absolute Gasteiger partial charge is 0.254 e. The minimum absolute atomic E-state index is 0.0812. The Kier molecular flexibility index (Phi) is 3.72. The van der Waals surface area contributed by atoms with Crippen molar-refractivity contribution in [3.63, 3.8) is 0 Å². The van der Waals surface area contributed by atoms with Crippen LogP contribution in [0.25, 0.3) is 0 Å². The molecule has 0 aliphatic carbocycles. The van der Waals surface area contributed by atoms with Gasteiger partial charge in [0.25, 0.3) is 5.91 Å². The minimum Gasteiger partial charge on any atom is -0.496 e. The van der Waals surface area contributed by atoms with Gasteiger partial charge in [0.1, 0.15) is 5.75 Å². The highest BCUT2D eigenvalue weighted by atomic mass is 32.1. The summed E-state index contributed by atoms with van der Waals surface area (Å²) in [6.45, 7) is 4.87. The van der Waals surface area contributed by atoms with Crippen molar-refractivity contribution < 1.29 is 9.53 Å². The second-order valence-corrected chi connectivity index (χ2v) is 6.41. The van der Waals surface area contributed by atoms with Crippen LogP contribution in [-0.2, 0) is 6.42 Å². The number of hydrogen-bond donors (Lipinski definition) is 0. The molecule has 0 N–H and O–H groups in total. The van der Waals surface area contributed by atoms with Crippen molar-refractivity contribution in [2.45, 2.75) is 26.3 Å². The number of thiophene rings is 1. The summed E-state index contributed by atoms with van der Waals surface area (Å²) in [4.78, 5) is 16.2. The average Bonchev–Trinajstić information content (AvgIpc) is 2.97. The van der Waals surface area contributed by atoms with Gasteiger partial charge in [-0.25, -0.2) is 0 Å². The van der Waals surface area contributed by atoms with E-state index in [4.69, 9.17) is 4.74 Å². The molecule has 1 aromatic carbocycles. The van der Waals surface area contributed by atoms with E-state index in [1.165, 1.54) is 10.4 Å².